The van der Waals surface area contributed by atoms with Crippen LogP contribution < -0.4 is 5.32 Å². The van der Waals surface area contributed by atoms with E-state index < -0.39 is 11.7 Å². The van der Waals surface area contributed by atoms with E-state index in [1.807, 2.05) is 0 Å². The maximum atomic E-state index is 13.3. The molecule has 1 amide bonds. The van der Waals surface area contributed by atoms with Gasteiger partial charge in [-0.25, -0.2) is 4.98 Å². The number of halogens is 3. The van der Waals surface area contributed by atoms with Crippen LogP contribution in [0.4, 0.5) is 18.3 Å². The molecular formula is C17H12F3N3OS. The summed E-state index contributed by atoms with van der Waals surface area (Å²) in [4.78, 5) is 20.0. The molecule has 0 bridgehead atoms. The van der Waals surface area contributed by atoms with E-state index >= 15 is 0 Å². The summed E-state index contributed by atoms with van der Waals surface area (Å²) in [5.74, 6) is -0.269. The molecule has 4 nitrogen and oxygen atoms in total. The third-order valence-electron chi connectivity index (χ3n) is 3.35. The fraction of sp³-hybridized carbons (Fsp3) is 0.118. The molecule has 0 unspecified atom stereocenters. The lowest BCUT2D eigenvalue weighted by Gasteiger charge is -2.14. The van der Waals surface area contributed by atoms with E-state index in [1.165, 1.54) is 42.8 Å². The van der Waals surface area contributed by atoms with Gasteiger partial charge in [0.05, 0.1) is 16.1 Å². The summed E-state index contributed by atoms with van der Waals surface area (Å²) in [6.45, 7) is 1.36. The minimum Gasteiger partial charge on any atom is -0.302 e. The molecule has 0 radical (unpaired) electrons. The molecule has 1 aromatic carbocycles. The van der Waals surface area contributed by atoms with Gasteiger partial charge in [0.2, 0.25) is 5.91 Å². The zero-order chi connectivity index (χ0) is 18.0. The number of amides is 1. The molecule has 0 atom stereocenters. The van der Waals surface area contributed by atoms with E-state index in [9.17, 15) is 18.0 Å². The summed E-state index contributed by atoms with van der Waals surface area (Å²) in [6.07, 6.45) is -1.53. The third kappa shape index (κ3) is 3.69. The number of rotatable bonds is 3. The van der Waals surface area contributed by atoms with Crippen molar-refractivity contribution in [1.82, 2.24) is 9.97 Å². The Labute approximate surface area is 145 Å². The highest BCUT2D eigenvalue weighted by atomic mass is 32.1. The Morgan fingerprint density at radius 3 is 2.52 bits per heavy atom. The van der Waals surface area contributed by atoms with E-state index in [0.717, 1.165) is 6.07 Å². The summed E-state index contributed by atoms with van der Waals surface area (Å²) in [5.41, 5.74) is -0.0108. The topological polar surface area (TPSA) is 54.9 Å². The minimum atomic E-state index is -4.49. The number of hydrogen-bond acceptors (Lipinski definition) is 4. The molecule has 0 spiro atoms. The normalized spacial score (nSPS) is 11.4. The molecule has 0 aliphatic carbocycles. The van der Waals surface area contributed by atoms with Crippen molar-refractivity contribution < 1.29 is 18.0 Å². The predicted octanol–water partition coefficient (Wildman–Crippen LogP) is 4.85. The van der Waals surface area contributed by atoms with Crippen LogP contribution in [0.2, 0.25) is 0 Å². The zero-order valence-electron chi connectivity index (χ0n) is 13.0. The maximum absolute atomic E-state index is 13.3. The van der Waals surface area contributed by atoms with E-state index in [4.69, 9.17) is 0 Å². The molecule has 0 aliphatic rings. The van der Waals surface area contributed by atoms with E-state index in [1.54, 1.807) is 18.2 Å². The standard InChI is InChI=1S/C17H12F3N3OS/c1-10(24)23-16-22-9-14(25-16)12-6-4-8-21-15(12)11-5-2-3-7-13(11)17(18,19)20/h2-9H,1H3,(H,22,23,24). The van der Waals surface area contributed by atoms with Crippen molar-refractivity contribution in [2.75, 3.05) is 5.32 Å². The second-order valence-corrected chi connectivity index (χ2v) is 6.18. The van der Waals surface area contributed by atoms with Crippen LogP contribution in [-0.2, 0) is 11.0 Å². The van der Waals surface area contributed by atoms with E-state index in [0.29, 0.717) is 15.6 Å². The number of pyridine rings is 1. The lowest BCUT2D eigenvalue weighted by Crippen LogP contribution is -2.07. The second kappa shape index (κ2) is 6.64. The van der Waals surface area contributed by atoms with Gasteiger partial charge < -0.3 is 5.32 Å². The zero-order valence-corrected chi connectivity index (χ0v) is 13.8. The van der Waals surface area contributed by atoms with Crippen molar-refractivity contribution in [3.05, 3.63) is 54.4 Å². The number of aromatic nitrogens is 2. The fourth-order valence-electron chi connectivity index (χ4n) is 2.36. The van der Waals surface area contributed by atoms with Gasteiger partial charge in [0.1, 0.15) is 0 Å². The van der Waals surface area contributed by atoms with Crippen molar-refractivity contribution in [3.8, 4) is 21.7 Å². The monoisotopic (exact) mass is 363 g/mol. The number of alkyl halides is 3. The van der Waals surface area contributed by atoms with Gasteiger partial charge in [0, 0.05) is 30.4 Å². The number of anilines is 1. The van der Waals surface area contributed by atoms with Crippen LogP contribution in [0.25, 0.3) is 21.7 Å². The summed E-state index contributed by atoms with van der Waals surface area (Å²) < 4.78 is 40.0. The van der Waals surface area contributed by atoms with Crippen LogP contribution in [0.5, 0.6) is 0 Å². The molecule has 8 heteroatoms. The summed E-state index contributed by atoms with van der Waals surface area (Å²) in [7, 11) is 0. The summed E-state index contributed by atoms with van der Waals surface area (Å²) >= 11 is 1.17. The number of nitrogens with one attached hydrogen (secondary N) is 1. The lowest BCUT2D eigenvalue weighted by atomic mass is 9.99. The summed E-state index contributed by atoms with van der Waals surface area (Å²) in [5, 5.41) is 2.93. The molecule has 2 aromatic heterocycles. The SMILES string of the molecule is CC(=O)Nc1ncc(-c2cccnc2-c2ccccc2C(F)(F)F)s1. The molecule has 3 aromatic rings. The first-order chi connectivity index (χ1) is 11.9. The predicted molar refractivity (Wildman–Crippen MR) is 90.1 cm³/mol. The Balaban J connectivity index is 2.12. The van der Waals surface area contributed by atoms with Crippen LogP contribution in [0.1, 0.15) is 12.5 Å². The molecule has 0 saturated heterocycles. The number of carbonyl (C=O) groups is 1. The Morgan fingerprint density at radius 2 is 1.80 bits per heavy atom. The van der Waals surface area contributed by atoms with Gasteiger partial charge in [-0.3, -0.25) is 9.78 Å². The Kier molecular flexibility index (Phi) is 4.54. The highest BCUT2D eigenvalue weighted by Crippen LogP contribution is 2.41. The van der Waals surface area contributed by atoms with Gasteiger partial charge in [-0.1, -0.05) is 29.5 Å². The Bertz CT molecular complexity index is 921. The van der Waals surface area contributed by atoms with Crippen molar-refractivity contribution in [2.24, 2.45) is 0 Å². The average molecular weight is 363 g/mol. The first-order valence-corrected chi connectivity index (χ1v) is 8.03. The van der Waals surface area contributed by atoms with Crippen LogP contribution in [0.3, 0.4) is 0 Å². The molecule has 0 fully saturated rings. The van der Waals surface area contributed by atoms with Gasteiger partial charge in [0.15, 0.2) is 5.13 Å². The molecular weight excluding hydrogens is 351 g/mol. The third-order valence-corrected chi connectivity index (χ3v) is 4.30. The highest BCUT2D eigenvalue weighted by Gasteiger charge is 2.34. The molecule has 0 aliphatic heterocycles. The van der Waals surface area contributed by atoms with E-state index in [-0.39, 0.29) is 17.2 Å². The fourth-order valence-corrected chi connectivity index (χ4v) is 3.25. The maximum Gasteiger partial charge on any atom is 0.417 e. The largest absolute Gasteiger partial charge is 0.417 e. The molecule has 128 valence electrons. The summed E-state index contributed by atoms with van der Waals surface area (Å²) in [6, 6.07) is 8.63. The average Bonchev–Trinajstić information content (AvgIpc) is 3.01. The molecule has 3 rings (SSSR count). The Hall–Kier alpha value is -2.74. The van der Waals surface area contributed by atoms with Gasteiger partial charge in [-0.05, 0) is 18.2 Å². The van der Waals surface area contributed by atoms with Crippen molar-refractivity contribution in [2.45, 2.75) is 13.1 Å². The number of nitrogens with zero attached hydrogens (tertiary/aromatic N) is 2. The van der Waals surface area contributed by atoms with Crippen LogP contribution >= 0.6 is 11.3 Å². The lowest BCUT2D eigenvalue weighted by molar-refractivity contribution is -0.137. The van der Waals surface area contributed by atoms with Crippen LogP contribution in [0, 0.1) is 0 Å². The molecule has 25 heavy (non-hydrogen) atoms. The molecule has 0 saturated carbocycles. The van der Waals surface area contributed by atoms with Crippen molar-refractivity contribution in [1.29, 1.82) is 0 Å². The number of hydrogen-bond donors (Lipinski definition) is 1. The highest BCUT2D eigenvalue weighted by molar-refractivity contribution is 7.19. The van der Waals surface area contributed by atoms with Crippen molar-refractivity contribution in [3.63, 3.8) is 0 Å². The number of benzene rings is 1. The van der Waals surface area contributed by atoms with Gasteiger partial charge in [-0.2, -0.15) is 13.2 Å². The van der Waals surface area contributed by atoms with Gasteiger partial charge >= 0.3 is 6.18 Å². The quantitative estimate of drug-likeness (QED) is 0.724. The number of carbonyl (C=O) groups excluding carboxylic acids is 1. The smallest absolute Gasteiger partial charge is 0.302 e. The van der Waals surface area contributed by atoms with Crippen LogP contribution in [0.15, 0.2) is 48.8 Å². The van der Waals surface area contributed by atoms with Gasteiger partial charge in [-0.15, -0.1) is 0 Å². The minimum absolute atomic E-state index is 0.0000714. The molecule has 2 heterocycles. The Morgan fingerprint density at radius 1 is 1.08 bits per heavy atom. The van der Waals surface area contributed by atoms with Crippen molar-refractivity contribution >= 4 is 22.4 Å². The van der Waals surface area contributed by atoms with Gasteiger partial charge in [0.25, 0.3) is 0 Å². The first-order valence-electron chi connectivity index (χ1n) is 7.21. The first kappa shape index (κ1) is 17.1. The second-order valence-electron chi connectivity index (χ2n) is 5.15. The molecule has 1 N–H and O–H groups in total. The van der Waals surface area contributed by atoms with Crippen LogP contribution in [-0.4, -0.2) is 15.9 Å². The number of thiazole rings is 1. The van der Waals surface area contributed by atoms with E-state index in [2.05, 4.69) is 15.3 Å².